The van der Waals surface area contributed by atoms with E-state index in [1.165, 1.54) is 37.2 Å². The second-order valence-corrected chi connectivity index (χ2v) is 6.73. The summed E-state index contributed by atoms with van der Waals surface area (Å²) in [5, 5.41) is 7.03. The van der Waals surface area contributed by atoms with Crippen molar-refractivity contribution in [3.63, 3.8) is 0 Å². The molecule has 4 nitrogen and oxygen atoms in total. The number of nitrogens with zero attached hydrogens (tertiary/aromatic N) is 2. The molecule has 2 heterocycles. The van der Waals surface area contributed by atoms with Crippen LogP contribution in [0.15, 0.2) is 42.6 Å². The van der Waals surface area contributed by atoms with Gasteiger partial charge in [-0.15, -0.1) is 0 Å². The summed E-state index contributed by atoms with van der Waals surface area (Å²) in [6.07, 6.45) is 4.42. The minimum Gasteiger partial charge on any atom is -0.372 e. The predicted octanol–water partition coefficient (Wildman–Crippen LogP) is 4.04. The van der Waals surface area contributed by atoms with Crippen molar-refractivity contribution in [2.24, 2.45) is 0 Å². The van der Waals surface area contributed by atoms with Crippen LogP contribution in [-0.2, 0) is 0 Å². The first kappa shape index (κ1) is 16.7. The first-order valence-corrected chi connectivity index (χ1v) is 8.88. The first-order chi connectivity index (χ1) is 11.6. The number of anilines is 2. The Kier molecular flexibility index (Phi) is 5.30. The number of aromatic nitrogens is 1. The zero-order chi connectivity index (χ0) is 16.9. The molecule has 1 aliphatic heterocycles. The molecule has 1 atom stereocenters. The highest BCUT2D eigenvalue weighted by atomic mass is 32.1. The van der Waals surface area contributed by atoms with E-state index in [2.05, 4.69) is 51.7 Å². The van der Waals surface area contributed by atoms with Gasteiger partial charge in [-0.25, -0.2) is 4.98 Å². The minimum atomic E-state index is 0.142. The molecule has 1 unspecified atom stereocenters. The van der Waals surface area contributed by atoms with E-state index in [-0.39, 0.29) is 6.04 Å². The number of nitrogens with one attached hydrogen (secondary N) is 2. The van der Waals surface area contributed by atoms with Crippen molar-refractivity contribution in [1.29, 1.82) is 0 Å². The lowest BCUT2D eigenvalue weighted by molar-refractivity contribution is 0.722. The van der Waals surface area contributed by atoms with Gasteiger partial charge in [-0.05, 0) is 68.2 Å². The van der Waals surface area contributed by atoms with E-state index in [1.54, 1.807) is 0 Å². The van der Waals surface area contributed by atoms with Gasteiger partial charge < -0.3 is 15.5 Å². The largest absolute Gasteiger partial charge is 0.372 e. The van der Waals surface area contributed by atoms with Gasteiger partial charge in [0.05, 0.1) is 6.04 Å². The Bertz CT molecular complexity index is 676. The van der Waals surface area contributed by atoms with Gasteiger partial charge in [-0.2, -0.15) is 0 Å². The maximum Gasteiger partial charge on any atom is 0.172 e. The van der Waals surface area contributed by atoms with Crippen molar-refractivity contribution >= 4 is 28.8 Å². The van der Waals surface area contributed by atoms with Crippen LogP contribution in [0.25, 0.3) is 0 Å². The molecule has 1 fully saturated rings. The van der Waals surface area contributed by atoms with Crippen molar-refractivity contribution in [3.8, 4) is 0 Å². The minimum absolute atomic E-state index is 0.142. The van der Waals surface area contributed by atoms with Crippen molar-refractivity contribution < 1.29 is 0 Å². The number of rotatable bonds is 4. The summed E-state index contributed by atoms with van der Waals surface area (Å²) in [5.74, 6) is 0.759. The highest BCUT2D eigenvalue weighted by Gasteiger charge is 2.13. The van der Waals surface area contributed by atoms with Gasteiger partial charge in [0.2, 0.25) is 0 Å². The number of hydrogen-bond acceptors (Lipinski definition) is 3. The fourth-order valence-electron chi connectivity index (χ4n) is 2.92. The second kappa shape index (κ2) is 7.62. The number of hydrogen-bond donors (Lipinski definition) is 2. The third-order valence-electron chi connectivity index (χ3n) is 4.36. The van der Waals surface area contributed by atoms with Crippen LogP contribution in [0, 0.1) is 6.92 Å². The average Bonchev–Trinajstić information content (AvgIpc) is 3.11. The zero-order valence-corrected chi connectivity index (χ0v) is 15.1. The Balaban J connectivity index is 1.56. The molecule has 5 heteroatoms. The molecule has 126 valence electrons. The summed E-state index contributed by atoms with van der Waals surface area (Å²) in [6, 6.07) is 12.9. The van der Waals surface area contributed by atoms with E-state index in [1.807, 2.05) is 25.3 Å². The van der Waals surface area contributed by atoms with Crippen LogP contribution in [0.3, 0.4) is 0 Å². The maximum absolute atomic E-state index is 5.39. The quantitative estimate of drug-likeness (QED) is 0.822. The first-order valence-electron chi connectivity index (χ1n) is 8.47. The van der Waals surface area contributed by atoms with Crippen molar-refractivity contribution in [3.05, 3.63) is 53.7 Å². The molecule has 1 aromatic heterocycles. The summed E-state index contributed by atoms with van der Waals surface area (Å²) in [6.45, 7) is 6.47. The molecule has 3 rings (SSSR count). The van der Waals surface area contributed by atoms with E-state index in [0.29, 0.717) is 5.11 Å². The molecule has 1 saturated heterocycles. The molecule has 0 aliphatic carbocycles. The van der Waals surface area contributed by atoms with E-state index in [0.717, 1.165) is 11.4 Å². The number of aryl methyl sites for hydroxylation is 1. The van der Waals surface area contributed by atoms with Gasteiger partial charge in [-0.3, -0.25) is 0 Å². The van der Waals surface area contributed by atoms with Crippen LogP contribution in [0.1, 0.15) is 36.9 Å². The standard InChI is InChI=1S/C19H24N4S/c1-14-5-10-18(20-13-14)22-19(24)21-15(2)16-6-8-17(9-7-16)23-11-3-4-12-23/h5-10,13,15H,3-4,11-12H2,1-2H3,(H2,20,21,22,24). The molecule has 1 aromatic carbocycles. The van der Waals surface area contributed by atoms with E-state index >= 15 is 0 Å². The summed E-state index contributed by atoms with van der Waals surface area (Å²) >= 11 is 5.39. The Labute approximate surface area is 149 Å². The van der Waals surface area contributed by atoms with Crippen LogP contribution in [-0.4, -0.2) is 23.2 Å². The Morgan fingerprint density at radius 2 is 1.83 bits per heavy atom. The van der Waals surface area contributed by atoms with Crippen molar-refractivity contribution in [2.45, 2.75) is 32.7 Å². The lowest BCUT2D eigenvalue weighted by Gasteiger charge is -2.20. The van der Waals surface area contributed by atoms with Gasteiger partial charge in [0.15, 0.2) is 5.11 Å². The predicted molar refractivity (Wildman–Crippen MR) is 105 cm³/mol. The summed E-state index contributed by atoms with van der Waals surface area (Å²) in [5.41, 5.74) is 3.66. The number of benzene rings is 1. The fourth-order valence-corrected chi connectivity index (χ4v) is 3.20. The molecule has 0 amide bonds. The molecule has 1 aliphatic rings. The third-order valence-corrected chi connectivity index (χ3v) is 4.58. The highest BCUT2D eigenvalue weighted by molar-refractivity contribution is 7.80. The van der Waals surface area contributed by atoms with Crippen molar-refractivity contribution in [2.75, 3.05) is 23.3 Å². The lowest BCUT2D eigenvalue weighted by Crippen LogP contribution is -2.31. The smallest absolute Gasteiger partial charge is 0.172 e. The number of thiocarbonyl (C=S) groups is 1. The summed E-state index contributed by atoms with van der Waals surface area (Å²) < 4.78 is 0. The van der Waals surface area contributed by atoms with Crippen molar-refractivity contribution in [1.82, 2.24) is 10.3 Å². The van der Waals surface area contributed by atoms with E-state index in [9.17, 15) is 0 Å². The average molecular weight is 340 g/mol. The molecular weight excluding hydrogens is 316 g/mol. The van der Waals surface area contributed by atoms with E-state index < -0.39 is 0 Å². The summed E-state index contributed by atoms with van der Waals surface area (Å²) in [7, 11) is 0. The molecule has 0 radical (unpaired) electrons. The van der Waals surface area contributed by atoms with Gasteiger partial charge in [0, 0.05) is 25.0 Å². The molecule has 0 bridgehead atoms. The van der Waals surface area contributed by atoms with Gasteiger partial charge >= 0.3 is 0 Å². The molecule has 0 spiro atoms. The third kappa shape index (κ3) is 4.23. The second-order valence-electron chi connectivity index (χ2n) is 6.33. The topological polar surface area (TPSA) is 40.2 Å². The zero-order valence-electron chi connectivity index (χ0n) is 14.2. The molecule has 0 saturated carbocycles. The maximum atomic E-state index is 5.39. The molecular formula is C19H24N4S. The van der Waals surface area contributed by atoms with Crippen LogP contribution in [0.5, 0.6) is 0 Å². The Morgan fingerprint density at radius 3 is 2.46 bits per heavy atom. The molecule has 2 N–H and O–H groups in total. The van der Waals surface area contributed by atoms with Crippen LogP contribution in [0.4, 0.5) is 11.5 Å². The number of pyridine rings is 1. The molecule has 2 aromatic rings. The lowest BCUT2D eigenvalue weighted by atomic mass is 10.1. The normalized spacial score (nSPS) is 15.2. The highest BCUT2D eigenvalue weighted by Crippen LogP contribution is 2.22. The fraction of sp³-hybridized carbons (Fsp3) is 0.368. The molecule has 24 heavy (non-hydrogen) atoms. The summed E-state index contributed by atoms with van der Waals surface area (Å²) in [4.78, 5) is 6.75. The Morgan fingerprint density at radius 1 is 1.12 bits per heavy atom. The van der Waals surface area contributed by atoms with Crippen LogP contribution < -0.4 is 15.5 Å². The monoisotopic (exact) mass is 340 g/mol. The van der Waals surface area contributed by atoms with Crippen LogP contribution >= 0.6 is 12.2 Å². The van der Waals surface area contributed by atoms with Gasteiger partial charge in [0.25, 0.3) is 0 Å². The van der Waals surface area contributed by atoms with E-state index in [4.69, 9.17) is 12.2 Å². The SMILES string of the molecule is Cc1ccc(NC(=S)NC(C)c2ccc(N3CCCC3)cc2)nc1. The van der Waals surface area contributed by atoms with Crippen LogP contribution in [0.2, 0.25) is 0 Å². The Hall–Kier alpha value is -2.14. The van der Waals surface area contributed by atoms with Gasteiger partial charge in [0.1, 0.15) is 5.82 Å². The van der Waals surface area contributed by atoms with Gasteiger partial charge in [-0.1, -0.05) is 18.2 Å².